The molecule has 0 saturated heterocycles. The number of aliphatic hydroxyl groups excluding tert-OH is 1. The highest BCUT2D eigenvalue weighted by Crippen LogP contribution is 2.22. The van der Waals surface area contributed by atoms with E-state index < -0.39 is 6.04 Å². The number of hydrogen-bond donors (Lipinski definition) is 3. The van der Waals surface area contributed by atoms with Crippen LogP contribution < -0.4 is 5.32 Å². The Hall–Kier alpha value is -1.49. The molecule has 6 heteroatoms. The minimum absolute atomic E-state index is 0.197. The number of rotatable bonds is 4. The van der Waals surface area contributed by atoms with E-state index in [1.165, 1.54) is 6.07 Å². The van der Waals surface area contributed by atoms with Crippen molar-refractivity contribution in [2.24, 2.45) is 0 Å². The van der Waals surface area contributed by atoms with Crippen LogP contribution in [0.25, 0.3) is 0 Å². The highest BCUT2D eigenvalue weighted by Gasteiger charge is 2.17. The lowest BCUT2D eigenvalue weighted by atomic mass is 10.1. The van der Waals surface area contributed by atoms with Gasteiger partial charge in [0.15, 0.2) is 0 Å². The quantitative estimate of drug-likeness (QED) is 0.812. The van der Waals surface area contributed by atoms with Gasteiger partial charge >= 0.3 is 0 Å². The standard InChI is InChI=1S/C13H12Cl2N2O2/c14-9-6-10(16-12(9)15)13(19)17-11(7-18)8-4-2-1-3-5-8/h1-6,11,16,18H,7H2,(H,17,19)/t11-/m0/s1. The number of halogens is 2. The first-order valence-corrected chi connectivity index (χ1v) is 6.38. The maximum atomic E-state index is 12.0. The summed E-state index contributed by atoms with van der Waals surface area (Å²) in [6.45, 7) is -0.197. The molecule has 1 amide bonds. The van der Waals surface area contributed by atoms with Gasteiger partial charge < -0.3 is 15.4 Å². The van der Waals surface area contributed by atoms with Crippen molar-refractivity contribution in [3.63, 3.8) is 0 Å². The van der Waals surface area contributed by atoms with Crippen LogP contribution in [0.5, 0.6) is 0 Å². The molecular weight excluding hydrogens is 287 g/mol. The van der Waals surface area contributed by atoms with Gasteiger partial charge in [0.2, 0.25) is 0 Å². The number of nitrogens with one attached hydrogen (secondary N) is 2. The van der Waals surface area contributed by atoms with Gasteiger partial charge in [0.05, 0.1) is 17.7 Å². The van der Waals surface area contributed by atoms with E-state index in [9.17, 15) is 9.90 Å². The zero-order valence-electron chi connectivity index (χ0n) is 9.86. The van der Waals surface area contributed by atoms with E-state index in [0.717, 1.165) is 5.56 Å². The Labute approximate surface area is 120 Å². The smallest absolute Gasteiger partial charge is 0.268 e. The number of aromatic nitrogens is 1. The Kier molecular flexibility index (Phi) is 4.47. The summed E-state index contributed by atoms with van der Waals surface area (Å²) < 4.78 is 0. The molecule has 2 aromatic rings. The monoisotopic (exact) mass is 298 g/mol. The van der Waals surface area contributed by atoms with Gasteiger partial charge in [-0.05, 0) is 11.6 Å². The van der Waals surface area contributed by atoms with Crippen molar-refractivity contribution in [1.29, 1.82) is 0 Å². The summed E-state index contributed by atoms with van der Waals surface area (Å²) in [5.41, 5.74) is 1.08. The van der Waals surface area contributed by atoms with Crippen LogP contribution in [-0.2, 0) is 0 Å². The summed E-state index contributed by atoms with van der Waals surface area (Å²) in [6.07, 6.45) is 0. The van der Waals surface area contributed by atoms with Crippen LogP contribution in [0.3, 0.4) is 0 Å². The molecule has 1 aromatic heterocycles. The number of benzene rings is 1. The average Bonchev–Trinajstić information content (AvgIpc) is 2.77. The summed E-state index contributed by atoms with van der Waals surface area (Å²) in [4.78, 5) is 14.6. The van der Waals surface area contributed by atoms with E-state index in [2.05, 4.69) is 10.3 Å². The normalized spacial score (nSPS) is 12.2. The summed E-state index contributed by atoms with van der Waals surface area (Å²) in [5.74, 6) is -0.378. The molecule has 0 aliphatic rings. The van der Waals surface area contributed by atoms with E-state index >= 15 is 0 Å². The topological polar surface area (TPSA) is 65.1 Å². The van der Waals surface area contributed by atoms with Crippen molar-refractivity contribution >= 4 is 29.1 Å². The molecule has 0 spiro atoms. The van der Waals surface area contributed by atoms with Crippen molar-refractivity contribution in [1.82, 2.24) is 10.3 Å². The van der Waals surface area contributed by atoms with Gasteiger partial charge in [-0.1, -0.05) is 53.5 Å². The molecule has 1 atom stereocenters. The molecule has 2 rings (SSSR count). The fourth-order valence-corrected chi connectivity index (χ4v) is 1.99. The molecule has 0 radical (unpaired) electrons. The first-order valence-electron chi connectivity index (χ1n) is 5.62. The molecular formula is C13H12Cl2N2O2. The third-order valence-corrected chi connectivity index (χ3v) is 3.35. The first kappa shape index (κ1) is 13.9. The second kappa shape index (κ2) is 6.10. The third-order valence-electron chi connectivity index (χ3n) is 2.66. The second-order valence-corrected chi connectivity index (χ2v) is 4.75. The van der Waals surface area contributed by atoms with Gasteiger partial charge in [-0.25, -0.2) is 0 Å². The third kappa shape index (κ3) is 3.29. The maximum absolute atomic E-state index is 12.0. The Bertz CT molecular complexity index is 550. The molecule has 0 fully saturated rings. The predicted molar refractivity (Wildman–Crippen MR) is 74.5 cm³/mol. The van der Waals surface area contributed by atoms with Crippen LogP contribution in [0, 0.1) is 0 Å². The number of aliphatic hydroxyl groups is 1. The van der Waals surface area contributed by atoms with Gasteiger partial charge in [0.1, 0.15) is 10.8 Å². The Morgan fingerprint density at radius 1 is 1.32 bits per heavy atom. The maximum Gasteiger partial charge on any atom is 0.268 e. The van der Waals surface area contributed by atoms with Crippen molar-refractivity contribution in [2.45, 2.75) is 6.04 Å². The first-order chi connectivity index (χ1) is 9.11. The number of hydrogen-bond acceptors (Lipinski definition) is 2. The number of H-pyrrole nitrogens is 1. The molecule has 1 heterocycles. The number of amides is 1. The molecule has 0 bridgehead atoms. The van der Waals surface area contributed by atoms with Crippen LogP contribution in [-0.4, -0.2) is 22.6 Å². The van der Waals surface area contributed by atoms with Crippen LogP contribution in [0.15, 0.2) is 36.4 Å². The molecule has 4 nitrogen and oxygen atoms in total. The SMILES string of the molecule is O=C(N[C@@H](CO)c1ccccc1)c1cc(Cl)c(Cl)[nH]1. The van der Waals surface area contributed by atoms with Crippen LogP contribution in [0.2, 0.25) is 10.2 Å². The average molecular weight is 299 g/mol. The largest absolute Gasteiger partial charge is 0.394 e. The molecule has 1 aromatic carbocycles. The van der Waals surface area contributed by atoms with Crippen LogP contribution in [0.4, 0.5) is 0 Å². The Morgan fingerprint density at radius 3 is 2.53 bits per heavy atom. The van der Waals surface area contributed by atoms with E-state index in [4.69, 9.17) is 23.2 Å². The fraction of sp³-hybridized carbons (Fsp3) is 0.154. The summed E-state index contributed by atoms with van der Waals surface area (Å²) in [6, 6.07) is 10.2. The second-order valence-electron chi connectivity index (χ2n) is 3.96. The van der Waals surface area contributed by atoms with Crippen molar-refractivity contribution in [3.05, 3.63) is 57.8 Å². The number of carbonyl (C=O) groups is 1. The Morgan fingerprint density at radius 2 is 2.00 bits per heavy atom. The minimum Gasteiger partial charge on any atom is -0.394 e. The predicted octanol–water partition coefficient (Wildman–Crippen LogP) is 2.78. The molecule has 100 valence electrons. The number of carbonyl (C=O) groups excluding carboxylic acids is 1. The molecule has 3 N–H and O–H groups in total. The van der Waals surface area contributed by atoms with E-state index in [0.29, 0.717) is 0 Å². The zero-order chi connectivity index (χ0) is 13.8. The molecule has 0 aliphatic heterocycles. The van der Waals surface area contributed by atoms with Crippen molar-refractivity contribution < 1.29 is 9.90 Å². The van der Waals surface area contributed by atoms with E-state index in [-0.39, 0.29) is 28.4 Å². The highest BCUT2D eigenvalue weighted by molar-refractivity contribution is 6.41. The van der Waals surface area contributed by atoms with Gasteiger partial charge in [-0.3, -0.25) is 4.79 Å². The van der Waals surface area contributed by atoms with E-state index in [1.54, 1.807) is 0 Å². The molecule has 19 heavy (non-hydrogen) atoms. The summed E-state index contributed by atoms with van der Waals surface area (Å²) in [7, 11) is 0. The highest BCUT2D eigenvalue weighted by atomic mass is 35.5. The van der Waals surface area contributed by atoms with Gasteiger partial charge in [0.25, 0.3) is 5.91 Å². The lowest BCUT2D eigenvalue weighted by Gasteiger charge is -2.16. The number of aromatic amines is 1. The van der Waals surface area contributed by atoms with Crippen LogP contribution in [0.1, 0.15) is 22.1 Å². The Balaban J connectivity index is 2.13. The molecule has 0 unspecified atom stereocenters. The van der Waals surface area contributed by atoms with Gasteiger partial charge in [-0.15, -0.1) is 0 Å². The van der Waals surface area contributed by atoms with Gasteiger partial charge in [-0.2, -0.15) is 0 Å². The minimum atomic E-state index is -0.477. The summed E-state index contributed by atoms with van der Waals surface area (Å²) in [5, 5.41) is 12.6. The van der Waals surface area contributed by atoms with Gasteiger partial charge in [0, 0.05) is 0 Å². The van der Waals surface area contributed by atoms with Crippen LogP contribution >= 0.6 is 23.2 Å². The lowest BCUT2D eigenvalue weighted by Crippen LogP contribution is -2.30. The lowest BCUT2D eigenvalue weighted by molar-refractivity contribution is 0.0912. The van der Waals surface area contributed by atoms with Crippen molar-refractivity contribution in [3.8, 4) is 0 Å². The molecule has 0 aliphatic carbocycles. The zero-order valence-corrected chi connectivity index (χ0v) is 11.4. The fourth-order valence-electron chi connectivity index (χ4n) is 1.68. The van der Waals surface area contributed by atoms with Crippen molar-refractivity contribution in [2.75, 3.05) is 6.61 Å². The van der Waals surface area contributed by atoms with E-state index in [1.807, 2.05) is 30.3 Å². The molecule has 0 saturated carbocycles. The summed E-state index contributed by atoms with van der Waals surface area (Å²) >= 11 is 11.5.